The third kappa shape index (κ3) is 2.62. The lowest BCUT2D eigenvalue weighted by molar-refractivity contribution is -0.126. The molecule has 6 heteroatoms. The smallest absolute Gasteiger partial charge is 0.250 e. The average molecular weight is 418 g/mol. The number of anilines is 1. The molecule has 2 aliphatic rings. The van der Waals surface area contributed by atoms with Crippen molar-refractivity contribution in [2.45, 2.75) is 11.5 Å². The number of para-hydroxylation sites is 1. The highest BCUT2D eigenvalue weighted by Crippen LogP contribution is 2.55. The van der Waals surface area contributed by atoms with Crippen LogP contribution in [0.5, 0.6) is 0 Å². The summed E-state index contributed by atoms with van der Waals surface area (Å²) in [7, 11) is 1.91. The fourth-order valence-corrected chi connectivity index (χ4v) is 5.20. The summed E-state index contributed by atoms with van der Waals surface area (Å²) in [4.78, 5) is 33.7. The van der Waals surface area contributed by atoms with Crippen LogP contribution in [0.15, 0.2) is 72.9 Å². The predicted octanol–water partition coefficient (Wildman–Crippen LogP) is 4.11. The molecule has 0 aliphatic carbocycles. The quantitative estimate of drug-likeness (QED) is 0.651. The minimum atomic E-state index is -1.09. The zero-order valence-electron chi connectivity index (χ0n) is 16.4. The molecule has 3 aromatic rings. The number of hydrogen-bond donors (Lipinski definition) is 1. The number of carbonyl (C=O) groups is 2. The van der Waals surface area contributed by atoms with Gasteiger partial charge in [0, 0.05) is 34.9 Å². The zero-order chi connectivity index (χ0) is 20.9. The number of hydrogen-bond acceptors (Lipinski definition) is 4. The maximum absolute atomic E-state index is 13.9. The SMILES string of the molecule is CN1C[C@@H](c2ccc(Cl)cc2)[C@H](C(=O)c2ccccn2)[C@@]12C(=O)Nc1ccccc12. The summed E-state index contributed by atoms with van der Waals surface area (Å²) in [6.45, 7) is 0.562. The maximum atomic E-state index is 13.9. The Balaban J connectivity index is 1.73. The van der Waals surface area contributed by atoms with Crippen molar-refractivity contribution in [3.8, 4) is 0 Å². The van der Waals surface area contributed by atoms with Crippen LogP contribution in [0.1, 0.15) is 27.5 Å². The standard InChI is InChI=1S/C24H20ClN3O2/c1-28-14-17(15-9-11-16(25)12-10-15)21(22(29)20-8-4-5-13-26-20)24(28)18-6-2-3-7-19(18)27-23(24)30/h2-13,17,21H,14H2,1H3,(H,27,30)/t17-,21+,24-/m0/s1. The number of pyridine rings is 1. The molecule has 2 aliphatic heterocycles. The summed E-state index contributed by atoms with van der Waals surface area (Å²) in [5.41, 5.74) is 1.85. The van der Waals surface area contributed by atoms with Crippen LogP contribution < -0.4 is 5.32 Å². The van der Waals surface area contributed by atoms with E-state index in [-0.39, 0.29) is 17.6 Å². The second-order valence-electron chi connectivity index (χ2n) is 7.86. The molecule has 1 spiro atoms. The topological polar surface area (TPSA) is 62.3 Å². The summed E-state index contributed by atoms with van der Waals surface area (Å²) in [5.74, 6) is -1.11. The largest absolute Gasteiger partial charge is 0.324 e. The number of benzene rings is 2. The molecule has 0 unspecified atom stereocenters. The number of aromatic nitrogens is 1. The molecule has 3 atom stereocenters. The van der Waals surface area contributed by atoms with E-state index in [0.717, 1.165) is 16.8 Å². The molecule has 1 N–H and O–H groups in total. The molecule has 1 aromatic heterocycles. The first-order valence-electron chi connectivity index (χ1n) is 9.86. The van der Waals surface area contributed by atoms with E-state index in [1.165, 1.54) is 0 Å². The van der Waals surface area contributed by atoms with E-state index < -0.39 is 11.5 Å². The Hall–Kier alpha value is -3.02. The molecular weight excluding hydrogens is 398 g/mol. The monoisotopic (exact) mass is 417 g/mol. The van der Waals surface area contributed by atoms with Crippen molar-refractivity contribution in [3.63, 3.8) is 0 Å². The molecule has 3 heterocycles. The maximum Gasteiger partial charge on any atom is 0.250 e. The number of halogens is 1. The van der Waals surface area contributed by atoms with Crippen molar-refractivity contribution in [2.75, 3.05) is 18.9 Å². The summed E-state index contributed by atoms with van der Waals surface area (Å²) in [6.07, 6.45) is 1.61. The highest BCUT2D eigenvalue weighted by Gasteiger charge is 2.64. The Bertz CT molecular complexity index is 1130. The molecular formula is C24H20ClN3O2. The first kappa shape index (κ1) is 19.0. The molecule has 1 amide bonds. The summed E-state index contributed by atoms with van der Waals surface area (Å²) >= 11 is 6.10. The number of Topliss-reactive ketones (excluding diaryl/α,β-unsaturated/α-hetero) is 1. The summed E-state index contributed by atoms with van der Waals surface area (Å²) in [6, 6.07) is 20.4. The zero-order valence-corrected chi connectivity index (χ0v) is 17.1. The Morgan fingerprint density at radius 2 is 1.83 bits per heavy atom. The highest BCUT2D eigenvalue weighted by molar-refractivity contribution is 6.30. The van der Waals surface area contributed by atoms with Crippen molar-refractivity contribution < 1.29 is 9.59 Å². The van der Waals surface area contributed by atoms with E-state index in [1.807, 2.05) is 60.5 Å². The van der Waals surface area contributed by atoms with Gasteiger partial charge in [0.2, 0.25) is 5.91 Å². The molecule has 0 radical (unpaired) electrons. The Labute approximate surface area is 179 Å². The second-order valence-corrected chi connectivity index (χ2v) is 8.30. The van der Waals surface area contributed by atoms with Gasteiger partial charge >= 0.3 is 0 Å². The summed E-state index contributed by atoms with van der Waals surface area (Å²) < 4.78 is 0. The molecule has 0 saturated carbocycles. The third-order valence-electron chi connectivity index (χ3n) is 6.36. The molecule has 1 fully saturated rings. The molecule has 0 bridgehead atoms. The molecule has 1 saturated heterocycles. The van der Waals surface area contributed by atoms with Crippen molar-refractivity contribution >= 4 is 29.0 Å². The van der Waals surface area contributed by atoms with Crippen molar-refractivity contribution in [2.24, 2.45) is 5.92 Å². The minimum absolute atomic E-state index is 0.133. The Kier molecular flexibility index (Phi) is 4.45. The van der Waals surface area contributed by atoms with Gasteiger partial charge < -0.3 is 5.32 Å². The van der Waals surface area contributed by atoms with Gasteiger partial charge in [0.05, 0.1) is 5.92 Å². The Morgan fingerprint density at radius 3 is 2.57 bits per heavy atom. The fourth-order valence-electron chi connectivity index (χ4n) is 5.07. The van der Waals surface area contributed by atoms with E-state index >= 15 is 0 Å². The Morgan fingerprint density at radius 1 is 1.10 bits per heavy atom. The van der Waals surface area contributed by atoms with Gasteiger partial charge in [-0.2, -0.15) is 0 Å². The number of fused-ring (bicyclic) bond motifs is 2. The normalized spacial score (nSPS) is 25.3. The van der Waals surface area contributed by atoms with E-state index in [4.69, 9.17) is 11.6 Å². The average Bonchev–Trinajstić information content (AvgIpc) is 3.24. The number of likely N-dealkylation sites (tertiary alicyclic amines) is 1. The summed E-state index contributed by atoms with van der Waals surface area (Å²) in [5, 5.41) is 3.64. The number of nitrogens with zero attached hydrogens (tertiary/aromatic N) is 2. The van der Waals surface area contributed by atoms with Crippen molar-refractivity contribution in [3.05, 3.63) is 94.8 Å². The van der Waals surface area contributed by atoms with Crippen LogP contribution in [0.2, 0.25) is 5.02 Å². The molecule has 30 heavy (non-hydrogen) atoms. The first-order valence-corrected chi connectivity index (χ1v) is 10.2. The number of nitrogens with one attached hydrogen (secondary N) is 1. The predicted molar refractivity (Wildman–Crippen MR) is 116 cm³/mol. The number of carbonyl (C=O) groups excluding carboxylic acids is 2. The van der Waals surface area contributed by atoms with E-state index in [1.54, 1.807) is 24.4 Å². The number of rotatable bonds is 3. The van der Waals surface area contributed by atoms with Crippen LogP contribution in [0, 0.1) is 5.92 Å². The van der Waals surface area contributed by atoms with Gasteiger partial charge in [0.1, 0.15) is 11.2 Å². The van der Waals surface area contributed by atoms with Crippen LogP contribution in [-0.4, -0.2) is 35.2 Å². The third-order valence-corrected chi connectivity index (χ3v) is 6.61. The van der Waals surface area contributed by atoms with Gasteiger partial charge in [0.25, 0.3) is 0 Å². The van der Waals surface area contributed by atoms with E-state index in [9.17, 15) is 9.59 Å². The molecule has 150 valence electrons. The number of likely N-dealkylation sites (N-methyl/N-ethyl adjacent to an activating group) is 1. The minimum Gasteiger partial charge on any atom is -0.324 e. The van der Waals surface area contributed by atoms with E-state index in [0.29, 0.717) is 17.3 Å². The number of amides is 1. The van der Waals surface area contributed by atoms with Crippen molar-refractivity contribution in [1.82, 2.24) is 9.88 Å². The van der Waals surface area contributed by atoms with Gasteiger partial charge in [0.15, 0.2) is 5.78 Å². The van der Waals surface area contributed by atoms with Crippen LogP contribution in [0.3, 0.4) is 0 Å². The molecule has 5 nitrogen and oxygen atoms in total. The lowest BCUT2D eigenvalue weighted by Gasteiger charge is -2.35. The van der Waals surface area contributed by atoms with Gasteiger partial charge in [-0.3, -0.25) is 19.5 Å². The second kappa shape index (κ2) is 7.04. The van der Waals surface area contributed by atoms with Gasteiger partial charge in [-0.1, -0.05) is 48.0 Å². The van der Waals surface area contributed by atoms with Gasteiger partial charge in [-0.15, -0.1) is 0 Å². The first-order chi connectivity index (χ1) is 14.5. The van der Waals surface area contributed by atoms with Crippen LogP contribution >= 0.6 is 11.6 Å². The van der Waals surface area contributed by atoms with Crippen LogP contribution in [0.25, 0.3) is 0 Å². The fraction of sp³-hybridized carbons (Fsp3) is 0.208. The van der Waals surface area contributed by atoms with Gasteiger partial charge in [-0.05, 0) is 42.9 Å². The van der Waals surface area contributed by atoms with E-state index in [2.05, 4.69) is 10.3 Å². The lowest BCUT2D eigenvalue weighted by atomic mass is 9.71. The highest BCUT2D eigenvalue weighted by atomic mass is 35.5. The lowest BCUT2D eigenvalue weighted by Crippen LogP contribution is -2.51. The van der Waals surface area contributed by atoms with Crippen LogP contribution in [0.4, 0.5) is 5.69 Å². The van der Waals surface area contributed by atoms with Gasteiger partial charge in [-0.25, -0.2) is 0 Å². The molecule has 5 rings (SSSR count). The van der Waals surface area contributed by atoms with Crippen molar-refractivity contribution in [1.29, 1.82) is 0 Å². The number of ketones is 1. The van der Waals surface area contributed by atoms with Crippen LogP contribution in [-0.2, 0) is 10.3 Å². The molecule has 2 aromatic carbocycles.